The first-order valence-corrected chi connectivity index (χ1v) is 7.13. The summed E-state index contributed by atoms with van der Waals surface area (Å²) in [5.41, 5.74) is 0.933. The smallest absolute Gasteiger partial charge is 0.289 e. The van der Waals surface area contributed by atoms with E-state index in [-0.39, 0.29) is 29.0 Å². The number of carbonyl (C=O) groups is 1. The Balaban J connectivity index is 1.86. The van der Waals surface area contributed by atoms with E-state index in [9.17, 15) is 19.3 Å². The summed E-state index contributed by atoms with van der Waals surface area (Å²) in [6, 6.07) is 10.1. The van der Waals surface area contributed by atoms with Crippen LogP contribution in [0.4, 0.5) is 15.8 Å². The van der Waals surface area contributed by atoms with E-state index in [2.05, 4.69) is 5.32 Å². The van der Waals surface area contributed by atoms with Crippen LogP contribution in [-0.4, -0.2) is 17.4 Å². The topological polar surface area (TPSA) is 88.8 Å². The number of rotatable bonds is 6. The molecule has 0 aliphatic carbocycles. The minimum Gasteiger partial charge on any atom is -0.335 e. The molecule has 8 heteroatoms. The van der Waals surface area contributed by atoms with Gasteiger partial charge in [-0.3, -0.25) is 14.9 Å². The quantitative estimate of drug-likeness (QED) is 0.624. The Hall–Kier alpha value is -2.51. The maximum absolute atomic E-state index is 12.8. The van der Waals surface area contributed by atoms with Crippen molar-refractivity contribution < 1.29 is 19.4 Å². The van der Waals surface area contributed by atoms with Crippen molar-refractivity contribution in [3.8, 4) is 0 Å². The minimum absolute atomic E-state index is 0.0101. The second-order valence-corrected chi connectivity index (χ2v) is 5.20. The van der Waals surface area contributed by atoms with E-state index in [1.165, 1.54) is 30.3 Å². The van der Waals surface area contributed by atoms with Crippen LogP contribution in [0.3, 0.4) is 0 Å². The number of hydrogen-bond acceptors (Lipinski definition) is 3. The summed E-state index contributed by atoms with van der Waals surface area (Å²) in [6.07, 6.45) is 0. The van der Waals surface area contributed by atoms with Gasteiger partial charge in [-0.05, 0) is 24.3 Å². The second-order valence-electron chi connectivity index (χ2n) is 4.79. The van der Waals surface area contributed by atoms with E-state index in [0.29, 0.717) is 12.2 Å². The highest BCUT2D eigenvalue weighted by molar-refractivity contribution is 6.32. The van der Waals surface area contributed by atoms with Crippen LogP contribution in [0.2, 0.25) is 5.02 Å². The minimum atomic E-state index is -0.612. The second kappa shape index (κ2) is 7.66. The Bertz CT molecular complexity index is 722. The number of nitrogens with zero attached hydrogens (tertiary/aromatic N) is 1. The maximum atomic E-state index is 12.8. The Kier molecular flexibility index (Phi) is 5.61. The number of benzene rings is 2. The molecule has 0 saturated carbocycles. The van der Waals surface area contributed by atoms with E-state index in [4.69, 9.17) is 11.6 Å². The first-order valence-electron chi connectivity index (χ1n) is 6.75. The van der Waals surface area contributed by atoms with E-state index in [1.54, 1.807) is 17.4 Å². The fourth-order valence-corrected chi connectivity index (χ4v) is 2.12. The van der Waals surface area contributed by atoms with Crippen molar-refractivity contribution in [1.82, 2.24) is 0 Å². The third-order valence-corrected chi connectivity index (χ3v) is 3.37. The van der Waals surface area contributed by atoms with Crippen LogP contribution in [-0.2, 0) is 11.3 Å². The molecule has 0 aliphatic rings. The molecule has 0 saturated heterocycles. The van der Waals surface area contributed by atoms with Crippen molar-refractivity contribution in [3.63, 3.8) is 0 Å². The number of quaternary nitrogens is 1. The van der Waals surface area contributed by atoms with Crippen molar-refractivity contribution in [1.29, 1.82) is 0 Å². The lowest BCUT2D eigenvalue weighted by atomic mass is 10.2. The molecular weight excluding hydrogens is 325 g/mol. The standard InChI is InChI=1S/C15H13ClFN3O3/c16-13-6-5-12(7-14(13)20(22)23)19-15(21)9-18-8-10-1-3-11(17)4-2-10/h1-7,18H,8-9H2,(H,19,21)/p+1. The number of nitro benzene ring substituents is 1. The Morgan fingerprint density at radius 1 is 1.26 bits per heavy atom. The predicted octanol–water partition coefficient (Wildman–Crippen LogP) is 2.09. The molecule has 1 amide bonds. The lowest BCUT2D eigenvalue weighted by Gasteiger charge is -2.05. The molecule has 0 heterocycles. The summed E-state index contributed by atoms with van der Waals surface area (Å²) in [5, 5.41) is 15.1. The van der Waals surface area contributed by atoms with E-state index in [0.717, 1.165) is 5.56 Å². The number of halogens is 2. The molecule has 0 fully saturated rings. The van der Waals surface area contributed by atoms with Gasteiger partial charge in [0.1, 0.15) is 17.4 Å². The van der Waals surface area contributed by atoms with Crippen molar-refractivity contribution in [2.24, 2.45) is 0 Å². The number of nitrogens with two attached hydrogens (primary N) is 1. The summed E-state index contributed by atoms with van der Waals surface area (Å²) < 4.78 is 12.8. The Morgan fingerprint density at radius 3 is 2.61 bits per heavy atom. The van der Waals surface area contributed by atoms with Gasteiger partial charge in [-0.25, -0.2) is 4.39 Å². The molecule has 0 atom stereocenters. The summed E-state index contributed by atoms with van der Waals surface area (Å²) >= 11 is 5.70. The fourth-order valence-electron chi connectivity index (χ4n) is 1.93. The van der Waals surface area contributed by atoms with Gasteiger partial charge in [-0.2, -0.15) is 0 Å². The fraction of sp³-hybridized carbons (Fsp3) is 0.133. The van der Waals surface area contributed by atoms with Gasteiger partial charge in [0.25, 0.3) is 11.6 Å². The average molecular weight is 339 g/mol. The highest BCUT2D eigenvalue weighted by Gasteiger charge is 2.14. The number of nitro groups is 1. The van der Waals surface area contributed by atoms with Crippen LogP contribution >= 0.6 is 11.6 Å². The molecule has 120 valence electrons. The van der Waals surface area contributed by atoms with Gasteiger partial charge in [-0.1, -0.05) is 23.7 Å². The van der Waals surface area contributed by atoms with E-state index in [1.807, 2.05) is 0 Å². The zero-order valence-electron chi connectivity index (χ0n) is 12.0. The number of nitrogens with one attached hydrogen (secondary N) is 1. The molecule has 0 radical (unpaired) electrons. The molecule has 0 aromatic heterocycles. The zero-order chi connectivity index (χ0) is 16.8. The van der Waals surface area contributed by atoms with Crippen molar-refractivity contribution in [2.75, 3.05) is 11.9 Å². The zero-order valence-corrected chi connectivity index (χ0v) is 12.7. The lowest BCUT2D eigenvalue weighted by Crippen LogP contribution is -2.84. The van der Waals surface area contributed by atoms with E-state index >= 15 is 0 Å². The van der Waals surface area contributed by atoms with Crippen LogP contribution < -0.4 is 10.6 Å². The normalized spacial score (nSPS) is 10.3. The van der Waals surface area contributed by atoms with Crippen LogP contribution in [0.1, 0.15) is 5.56 Å². The van der Waals surface area contributed by atoms with Crippen LogP contribution in [0.25, 0.3) is 0 Å². The van der Waals surface area contributed by atoms with Gasteiger partial charge in [0.2, 0.25) is 0 Å². The number of hydrogen-bond donors (Lipinski definition) is 2. The van der Waals surface area contributed by atoms with Crippen molar-refractivity contribution in [2.45, 2.75) is 6.54 Å². The van der Waals surface area contributed by atoms with E-state index < -0.39 is 4.92 Å². The molecule has 2 aromatic carbocycles. The molecular formula is C15H14ClFN3O3+. The van der Waals surface area contributed by atoms with Crippen molar-refractivity contribution in [3.05, 3.63) is 69.0 Å². The van der Waals surface area contributed by atoms with Crippen LogP contribution in [0.15, 0.2) is 42.5 Å². The van der Waals surface area contributed by atoms with Gasteiger partial charge in [0.15, 0.2) is 6.54 Å². The Morgan fingerprint density at radius 2 is 1.96 bits per heavy atom. The lowest BCUT2D eigenvalue weighted by molar-refractivity contribution is -0.659. The molecule has 3 N–H and O–H groups in total. The third kappa shape index (κ3) is 5.01. The summed E-state index contributed by atoms with van der Waals surface area (Å²) in [6.45, 7) is 0.655. The van der Waals surface area contributed by atoms with Gasteiger partial charge < -0.3 is 10.6 Å². The molecule has 0 spiro atoms. The molecule has 0 unspecified atom stereocenters. The SMILES string of the molecule is O=C(C[NH2+]Cc1ccc(F)cc1)Nc1ccc(Cl)c([N+](=O)[O-])c1. The predicted molar refractivity (Wildman–Crippen MR) is 83.6 cm³/mol. The molecule has 0 bridgehead atoms. The molecule has 2 rings (SSSR count). The van der Waals surface area contributed by atoms with Gasteiger partial charge in [0, 0.05) is 17.3 Å². The number of carbonyl (C=O) groups excluding carboxylic acids is 1. The largest absolute Gasteiger partial charge is 0.335 e. The summed E-state index contributed by atoms with van der Waals surface area (Å²) in [5.74, 6) is -0.612. The molecule has 23 heavy (non-hydrogen) atoms. The Labute approximate surface area is 136 Å². The van der Waals surface area contributed by atoms with Gasteiger partial charge in [-0.15, -0.1) is 0 Å². The first kappa shape index (κ1) is 16.9. The first-order chi connectivity index (χ1) is 11.0. The monoisotopic (exact) mass is 338 g/mol. The summed E-state index contributed by atoms with van der Waals surface area (Å²) in [4.78, 5) is 22.0. The van der Waals surface area contributed by atoms with Crippen LogP contribution in [0, 0.1) is 15.9 Å². The van der Waals surface area contributed by atoms with Gasteiger partial charge in [0.05, 0.1) is 4.92 Å². The van der Waals surface area contributed by atoms with Gasteiger partial charge >= 0.3 is 0 Å². The van der Waals surface area contributed by atoms with Crippen molar-refractivity contribution >= 4 is 28.9 Å². The third-order valence-electron chi connectivity index (χ3n) is 3.05. The molecule has 6 nitrogen and oxygen atoms in total. The number of anilines is 1. The molecule has 0 aliphatic heterocycles. The maximum Gasteiger partial charge on any atom is 0.289 e. The highest BCUT2D eigenvalue weighted by Crippen LogP contribution is 2.27. The number of amides is 1. The average Bonchev–Trinajstić information content (AvgIpc) is 2.51. The summed E-state index contributed by atoms with van der Waals surface area (Å²) in [7, 11) is 0. The van der Waals surface area contributed by atoms with Crippen LogP contribution in [0.5, 0.6) is 0 Å². The molecule has 2 aromatic rings. The highest BCUT2D eigenvalue weighted by atomic mass is 35.5.